The van der Waals surface area contributed by atoms with Crippen LogP contribution in [0.3, 0.4) is 0 Å². The number of halogens is 1. The highest BCUT2D eigenvalue weighted by molar-refractivity contribution is 7.22. The van der Waals surface area contributed by atoms with Crippen LogP contribution in [0.1, 0.15) is 10.4 Å². The van der Waals surface area contributed by atoms with Crippen molar-refractivity contribution in [1.82, 2.24) is 15.2 Å². The number of carbonyl (C=O) groups excluding carboxylic acids is 1. The van der Waals surface area contributed by atoms with Crippen molar-refractivity contribution in [3.63, 3.8) is 0 Å². The van der Waals surface area contributed by atoms with Gasteiger partial charge in [-0.3, -0.25) is 9.69 Å². The molecule has 3 aromatic carbocycles. The van der Waals surface area contributed by atoms with Gasteiger partial charge in [0.2, 0.25) is 0 Å². The molecule has 0 saturated carbocycles. The van der Waals surface area contributed by atoms with Crippen molar-refractivity contribution < 1.29 is 4.79 Å². The molecule has 5 rings (SSSR count). The molecule has 0 bridgehead atoms. The molecule has 0 radical (unpaired) electrons. The first-order chi connectivity index (χ1) is 15.2. The number of anilines is 1. The maximum Gasteiger partial charge on any atom is 0.251 e. The molecule has 31 heavy (non-hydrogen) atoms. The minimum Gasteiger partial charge on any atom is -0.351 e. The highest BCUT2D eigenvalue weighted by atomic mass is 35.5. The van der Waals surface area contributed by atoms with E-state index in [1.165, 1.54) is 0 Å². The summed E-state index contributed by atoms with van der Waals surface area (Å²) in [6, 6.07) is 19.8. The highest BCUT2D eigenvalue weighted by Crippen LogP contribution is 2.31. The number of thiazole rings is 1. The lowest BCUT2D eigenvalue weighted by Crippen LogP contribution is -2.48. The van der Waals surface area contributed by atoms with Crippen LogP contribution >= 0.6 is 22.9 Å². The zero-order valence-corrected chi connectivity index (χ0v) is 18.6. The fraction of sp³-hybridized carbons (Fsp3) is 0.250. The monoisotopic (exact) mass is 450 g/mol. The molecule has 0 unspecified atom stereocenters. The zero-order chi connectivity index (χ0) is 21.2. The summed E-state index contributed by atoms with van der Waals surface area (Å²) in [6.45, 7) is 5.29. The van der Waals surface area contributed by atoms with Gasteiger partial charge in [-0.2, -0.15) is 0 Å². The standard InChI is InChI=1S/C24H23ClN4OS/c25-20-7-8-21-22(16-20)31-24(27-21)29-13-11-28(12-14-29)10-9-26-23(30)19-6-5-17-3-1-2-4-18(17)15-19/h1-8,15-16H,9-14H2,(H,26,30). The Morgan fingerprint density at radius 1 is 1.00 bits per heavy atom. The third-order valence-electron chi connectivity index (χ3n) is 5.71. The van der Waals surface area contributed by atoms with Gasteiger partial charge in [0, 0.05) is 49.9 Å². The van der Waals surface area contributed by atoms with Crippen molar-refractivity contribution in [3.8, 4) is 0 Å². The molecule has 1 N–H and O–H groups in total. The second-order valence-corrected chi connectivity index (χ2v) is 9.20. The van der Waals surface area contributed by atoms with Gasteiger partial charge in [0.1, 0.15) is 0 Å². The molecule has 1 saturated heterocycles. The number of hydrogen-bond acceptors (Lipinski definition) is 5. The zero-order valence-electron chi connectivity index (χ0n) is 17.1. The second kappa shape index (κ2) is 8.83. The molecule has 1 aliphatic rings. The normalized spacial score (nSPS) is 14.9. The number of fused-ring (bicyclic) bond motifs is 2. The number of nitrogens with zero attached hydrogens (tertiary/aromatic N) is 3. The van der Waals surface area contributed by atoms with E-state index in [0.717, 1.165) is 63.9 Å². The van der Waals surface area contributed by atoms with E-state index in [1.807, 2.05) is 54.6 Å². The van der Waals surface area contributed by atoms with Gasteiger partial charge >= 0.3 is 0 Å². The van der Waals surface area contributed by atoms with E-state index < -0.39 is 0 Å². The number of amides is 1. The van der Waals surface area contributed by atoms with E-state index in [4.69, 9.17) is 16.6 Å². The van der Waals surface area contributed by atoms with Gasteiger partial charge < -0.3 is 10.2 Å². The summed E-state index contributed by atoms with van der Waals surface area (Å²) in [5, 5.41) is 7.10. The first kappa shape index (κ1) is 20.2. The third-order valence-corrected chi connectivity index (χ3v) is 7.02. The Bertz CT molecular complexity index is 1230. The molecule has 1 aromatic heterocycles. The van der Waals surface area contributed by atoms with Crippen molar-refractivity contribution >= 4 is 55.0 Å². The second-order valence-electron chi connectivity index (χ2n) is 7.76. The SMILES string of the molecule is O=C(NCCN1CCN(c2nc3ccc(Cl)cc3s2)CC1)c1ccc2ccccc2c1. The van der Waals surface area contributed by atoms with Crippen molar-refractivity contribution in [2.24, 2.45) is 0 Å². The Hall–Kier alpha value is -2.67. The number of benzene rings is 3. The molecule has 1 amide bonds. The van der Waals surface area contributed by atoms with Crippen LogP contribution in [0.2, 0.25) is 5.02 Å². The molecule has 0 atom stereocenters. The average Bonchev–Trinajstić information content (AvgIpc) is 3.22. The molecule has 4 aromatic rings. The minimum atomic E-state index is -0.0162. The summed E-state index contributed by atoms with van der Waals surface area (Å²) in [4.78, 5) is 22.0. The molecular weight excluding hydrogens is 428 g/mol. The third kappa shape index (κ3) is 4.51. The number of hydrogen-bond donors (Lipinski definition) is 1. The Balaban J connectivity index is 1.11. The fourth-order valence-electron chi connectivity index (χ4n) is 3.94. The molecule has 2 heterocycles. The van der Waals surface area contributed by atoms with Crippen molar-refractivity contribution in [1.29, 1.82) is 0 Å². The number of nitrogens with one attached hydrogen (secondary N) is 1. The van der Waals surface area contributed by atoms with Gasteiger partial charge in [-0.1, -0.05) is 53.3 Å². The first-order valence-electron chi connectivity index (χ1n) is 10.5. The van der Waals surface area contributed by atoms with Crippen LogP contribution in [0.15, 0.2) is 60.7 Å². The van der Waals surface area contributed by atoms with Crippen LogP contribution in [-0.2, 0) is 0 Å². The first-order valence-corrected chi connectivity index (χ1v) is 11.7. The van der Waals surface area contributed by atoms with E-state index in [9.17, 15) is 4.79 Å². The summed E-state index contributed by atoms with van der Waals surface area (Å²) in [5.74, 6) is -0.0162. The number of rotatable bonds is 5. The van der Waals surface area contributed by atoms with Gasteiger partial charge in [0.05, 0.1) is 10.2 Å². The molecular formula is C24H23ClN4OS. The highest BCUT2D eigenvalue weighted by Gasteiger charge is 2.20. The van der Waals surface area contributed by atoms with E-state index in [1.54, 1.807) is 11.3 Å². The largest absolute Gasteiger partial charge is 0.351 e. The Labute approximate surface area is 190 Å². The minimum absolute atomic E-state index is 0.0162. The predicted molar refractivity (Wildman–Crippen MR) is 130 cm³/mol. The van der Waals surface area contributed by atoms with Gasteiger partial charge in [0.15, 0.2) is 5.13 Å². The maximum atomic E-state index is 12.5. The van der Waals surface area contributed by atoms with E-state index in [2.05, 4.69) is 21.2 Å². The summed E-state index contributed by atoms with van der Waals surface area (Å²) in [7, 11) is 0. The van der Waals surface area contributed by atoms with Gasteiger partial charge in [0.25, 0.3) is 5.91 Å². The summed E-state index contributed by atoms with van der Waals surface area (Å²) in [5.41, 5.74) is 1.71. The van der Waals surface area contributed by atoms with E-state index >= 15 is 0 Å². The van der Waals surface area contributed by atoms with E-state index in [-0.39, 0.29) is 5.91 Å². The Morgan fingerprint density at radius 2 is 1.81 bits per heavy atom. The predicted octanol–water partition coefficient (Wildman–Crippen LogP) is 4.65. The molecule has 1 fully saturated rings. The van der Waals surface area contributed by atoms with Crippen LogP contribution in [0.5, 0.6) is 0 Å². The Morgan fingerprint density at radius 3 is 2.65 bits per heavy atom. The summed E-state index contributed by atoms with van der Waals surface area (Å²) < 4.78 is 1.13. The van der Waals surface area contributed by atoms with Gasteiger partial charge in [-0.25, -0.2) is 4.98 Å². The van der Waals surface area contributed by atoms with Gasteiger partial charge in [-0.15, -0.1) is 0 Å². The van der Waals surface area contributed by atoms with E-state index in [0.29, 0.717) is 12.1 Å². The summed E-state index contributed by atoms with van der Waals surface area (Å²) >= 11 is 7.79. The maximum absolute atomic E-state index is 12.5. The molecule has 7 heteroatoms. The van der Waals surface area contributed by atoms with Gasteiger partial charge in [-0.05, 0) is 41.1 Å². The lowest BCUT2D eigenvalue weighted by Gasteiger charge is -2.34. The smallest absolute Gasteiger partial charge is 0.251 e. The molecule has 1 aliphatic heterocycles. The fourth-order valence-corrected chi connectivity index (χ4v) is 5.24. The number of piperazine rings is 1. The number of aromatic nitrogens is 1. The van der Waals surface area contributed by atoms with Crippen LogP contribution < -0.4 is 10.2 Å². The van der Waals surface area contributed by atoms with Crippen molar-refractivity contribution in [2.75, 3.05) is 44.2 Å². The Kier molecular flexibility index (Phi) is 5.76. The molecule has 0 spiro atoms. The summed E-state index contributed by atoms with van der Waals surface area (Å²) in [6.07, 6.45) is 0. The van der Waals surface area contributed by atoms with Crippen LogP contribution in [-0.4, -0.2) is 55.1 Å². The lowest BCUT2D eigenvalue weighted by molar-refractivity contribution is 0.0948. The topological polar surface area (TPSA) is 48.5 Å². The van der Waals surface area contributed by atoms with Crippen molar-refractivity contribution in [3.05, 3.63) is 71.2 Å². The molecule has 0 aliphatic carbocycles. The lowest BCUT2D eigenvalue weighted by atomic mass is 10.1. The quantitative estimate of drug-likeness (QED) is 0.480. The number of carbonyl (C=O) groups is 1. The van der Waals surface area contributed by atoms with Crippen LogP contribution in [0.4, 0.5) is 5.13 Å². The molecule has 5 nitrogen and oxygen atoms in total. The van der Waals surface area contributed by atoms with Crippen LogP contribution in [0, 0.1) is 0 Å². The average molecular weight is 451 g/mol. The van der Waals surface area contributed by atoms with Crippen LogP contribution in [0.25, 0.3) is 21.0 Å². The van der Waals surface area contributed by atoms with Crippen molar-refractivity contribution in [2.45, 2.75) is 0 Å². The molecule has 158 valence electrons.